The largest absolute Gasteiger partial charge is 0.497 e. The Morgan fingerprint density at radius 1 is 0.550 bits per heavy atom. The average Bonchev–Trinajstić information content (AvgIpc) is 3.95. The lowest BCUT2D eigenvalue weighted by atomic mass is 10.1. The van der Waals surface area contributed by atoms with Crippen LogP contribution in [0.25, 0.3) is 22.5 Å². The van der Waals surface area contributed by atoms with E-state index >= 15 is 0 Å². The zero-order chi connectivity index (χ0) is 42.6. The first-order valence-corrected chi connectivity index (χ1v) is 24.5. The summed E-state index contributed by atoms with van der Waals surface area (Å²) in [4.78, 5) is 13.9. The van der Waals surface area contributed by atoms with Crippen LogP contribution in [-0.4, -0.2) is 102 Å². The molecule has 20 heteroatoms. The number of aromatic nitrogens is 2. The van der Waals surface area contributed by atoms with E-state index in [1.54, 1.807) is 68.8 Å². The fraction of sp³-hybridized carbons (Fsp3) is 0.250. The molecule has 0 aliphatic carbocycles. The van der Waals surface area contributed by atoms with Gasteiger partial charge in [0.05, 0.1) is 40.7 Å². The summed E-state index contributed by atoms with van der Waals surface area (Å²) in [5, 5.41) is 7.20. The van der Waals surface area contributed by atoms with Gasteiger partial charge < -0.3 is 19.3 Å². The van der Waals surface area contributed by atoms with Gasteiger partial charge in [-0.05, 0) is 54.6 Å². The lowest BCUT2D eigenvalue weighted by Gasteiger charge is -2.33. The molecule has 2 aromatic heterocycles. The number of hydrogen-bond acceptors (Lipinski definition) is 12. The van der Waals surface area contributed by atoms with E-state index in [0.29, 0.717) is 73.9 Å². The van der Waals surface area contributed by atoms with Crippen LogP contribution in [0.3, 0.4) is 0 Å². The first-order valence-electron chi connectivity index (χ1n) is 18.4. The molecule has 2 aliphatic heterocycles. The maximum Gasteiger partial charge on any atom is 0.244 e. The minimum Gasteiger partial charge on any atom is -0.497 e. The number of halogens is 4. The summed E-state index contributed by atoms with van der Waals surface area (Å²) in [6.07, 6.45) is 0. The highest BCUT2D eigenvalue weighted by molar-refractivity contribution is 7.89. The van der Waals surface area contributed by atoms with Gasteiger partial charge in [0.1, 0.15) is 21.3 Å². The number of piperazine rings is 2. The van der Waals surface area contributed by atoms with Crippen molar-refractivity contribution < 1.29 is 26.3 Å². The van der Waals surface area contributed by atoms with Gasteiger partial charge >= 0.3 is 0 Å². The van der Waals surface area contributed by atoms with Gasteiger partial charge in [0.2, 0.25) is 20.0 Å². The van der Waals surface area contributed by atoms with Crippen molar-refractivity contribution in [2.24, 2.45) is 0 Å². The predicted octanol–water partition coefficient (Wildman–Crippen LogP) is 9.27. The molecule has 2 fully saturated rings. The Morgan fingerprint density at radius 3 is 1.47 bits per heavy atom. The molecule has 316 valence electrons. The number of ether oxygens (including phenoxy) is 2. The second-order valence-corrected chi connectivity index (χ2v) is 20.5. The summed E-state index contributed by atoms with van der Waals surface area (Å²) >= 11 is 27.5. The van der Waals surface area contributed by atoms with Crippen LogP contribution in [0, 0.1) is 0 Å². The number of nitrogens with zero attached hydrogens (tertiary/aromatic N) is 6. The van der Waals surface area contributed by atoms with Crippen molar-refractivity contribution in [3.05, 3.63) is 116 Å². The zero-order valence-corrected chi connectivity index (χ0v) is 38.5. The Morgan fingerprint density at radius 2 is 1.02 bits per heavy atom. The van der Waals surface area contributed by atoms with Crippen LogP contribution in [0.5, 0.6) is 11.5 Å². The Labute approximate surface area is 377 Å². The number of methoxy groups -OCH3 is 2. The second-order valence-electron chi connectivity index (χ2n) is 13.4. The molecule has 0 radical (unpaired) electrons. The molecule has 4 aromatic carbocycles. The highest BCUT2D eigenvalue weighted by Crippen LogP contribution is 2.37. The van der Waals surface area contributed by atoms with Crippen LogP contribution in [0.1, 0.15) is 0 Å². The monoisotopic (exact) mass is 966 g/mol. The van der Waals surface area contributed by atoms with Gasteiger partial charge in [0, 0.05) is 85.3 Å². The van der Waals surface area contributed by atoms with E-state index in [-0.39, 0.29) is 19.8 Å². The van der Waals surface area contributed by atoms with Crippen LogP contribution in [0.15, 0.2) is 105 Å². The molecular weight excluding hydrogens is 931 g/mol. The molecule has 2 aliphatic rings. The highest BCUT2D eigenvalue weighted by atomic mass is 35.5. The minimum atomic E-state index is -3.62. The third kappa shape index (κ3) is 9.68. The number of rotatable bonds is 10. The smallest absolute Gasteiger partial charge is 0.244 e. The summed E-state index contributed by atoms with van der Waals surface area (Å²) in [5.74, 6) is 1.40. The van der Waals surface area contributed by atoms with Gasteiger partial charge in [-0.15, -0.1) is 22.7 Å². The molecule has 8 rings (SSSR count). The summed E-state index contributed by atoms with van der Waals surface area (Å²) in [6.45, 7) is 3.67. The summed E-state index contributed by atoms with van der Waals surface area (Å²) < 4.78 is 65.4. The van der Waals surface area contributed by atoms with Crippen molar-refractivity contribution in [1.29, 1.82) is 0 Å². The Hall–Kier alpha value is -3.68. The third-order valence-corrected chi connectivity index (χ3v) is 17.0. The molecule has 0 N–H and O–H groups in total. The Balaban J connectivity index is 0.000000182. The van der Waals surface area contributed by atoms with E-state index in [9.17, 15) is 16.8 Å². The number of hydrogen-bond donors (Lipinski definition) is 0. The molecule has 4 heterocycles. The minimum absolute atomic E-state index is 0.143. The van der Waals surface area contributed by atoms with E-state index in [1.807, 2.05) is 35.0 Å². The van der Waals surface area contributed by atoms with Crippen molar-refractivity contribution in [1.82, 2.24) is 18.6 Å². The topological polar surface area (TPSA) is 125 Å². The van der Waals surface area contributed by atoms with Gasteiger partial charge in [0.15, 0.2) is 10.3 Å². The Kier molecular flexibility index (Phi) is 14.2. The zero-order valence-electron chi connectivity index (χ0n) is 32.2. The van der Waals surface area contributed by atoms with Crippen LogP contribution in [0.2, 0.25) is 20.1 Å². The Bertz CT molecular complexity index is 2690. The number of thiazole rings is 2. The van der Waals surface area contributed by atoms with Crippen molar-refractivity contribution in [2.75, 3.05) is 76.4 Å². The fourth-order valence-electron chi connectivity index (χ4n) is 6.60. The fourth-order valence-corrected chi connectivity index (χ4v) is 12.7. The summed E-state index contributed by atoms with van der Waals surface area (Å²) in [7, 11) is -4.01. The maximum absolute atomic E-state index is 12.9. The number of sulfonamides is 2. The van der Waals surface area contributed by atoms with Gasteiger partial charge in [-0.1, -0.05) is 70.7 Å². The molecular formula is C40H38Cl4N6O6S4. The molecule has 0 unspecified atom stereocenters. The molecule has 0 saturated carbocycles. The van der Waals surface area contributed by atoms with Crippen molar-refractivity contribution in [3.63, 3.8) is 0 Å². The summed E-state index contributed by atoms with van der Waals surface area (Å²) in [6, 6.07) is 24.0. The number of anilines is 2. The van der Waals surface area contributed by atoms with E-state index < -0.39 is 20.0 Å². The molecule has 0 atom stereocenters. The summed E-state index contributed by atoms with van der Waals surface area (Å²) in [5.41, 5.74) is 3.28. The lowest BCUT2D eigenvalue weighted by Crippen LogP contribution is -2.48. The average molecular weight is 969 g/mol. The molecule has 0 amide bonds. The van der Waals surface area contributed by atoms with Crippen LogP contribution in [0.4, 0.5) is 10.3 Å². The van der Waals surface area contributed by atoms with Crippen LogP contribution in [-0.2, 0) is 20.0 Å². The standard InChI is InChI=1S/C21H22ClN3O4S2.C19H16Cl3N3O2S2/c1-28-15-7-8-16(19(13-15)29-2)18-14-30-21(23-18)24-9-11-25(12-10-24)31(26,27)20-6-4-3-5-17(20)22;20-13-5-6-14(16(22)11-13)17-12-28-19(23-17)24-7-9-25(10-8-24)29(26,27)18-4-2-1-3-15(18)21/h3-8,13-14H,9-12H2,1-2H3;1-6,11-12H,7-10H2. The van der Waals surface area contributed by atoms with Crippen LogP contribution >= 0.6 is 69.1 Å². The van der Waals surface area contributed by atoms with Crippen LogP contribution < -0.4 is 19.3 Å². The molecule has 2 saturated heterocycles. The molecule has 0 spiro atoms. The van der Waals surface area contributed by atoms with Gasteiger partial charge in [0.25, 0.3) is 0 Å². The number of benzene rings is 4. The first kappa shape index (κ1) is 44.4. The van der Waals surface area contributed by atoms with Crippen molar-refractivity contribution >= 4 is 99.4 Å². The molecule has 6 aromatic rings. The van der Waals surface area contributed by atoms with E-state index in [1.165, 1.54) is 37.4 Å². The van der Waals surface area contributed by atoms with E-state index in [0.717, 1.165) is 32.8 Å². The van der Waals surface area contributed by atoms with Gasteiger partial charge in [-0.25, -0.2) is 26.8 Å². The second kappa shape index (κ2) is 19.2. The van der Waals surface area contributed by atoms with E-state index in [4.69, 9.17) is 60.9 Å². The third-order valence-electron chi connectivity index (χ3n) is 9.80. The van der Waals surface area contributed by atoms with Crippen molar-refractivity contribution in [2.45, 2.75) is 9.79 Å². The SMILES string of the molecule is COc1ccc(-c2csc(N3CCN(S(=O)(=O)c4ccccc4Cl)CC3)n2)c(OC)c1.O=S(=O)(c1ccccc1Cl)N1CCN(c2nc(-c3ccc(Cl)cc3Cl)cs2)CC1. The quantitative estimate of drug-likeness (QED) is 0.131. The lowest BCUT2D eigenvalue weighted by molar-refractivity contribution is 0.384. The van der Waals surface area contributed by atoms with Gasteiger partial charge in [-0.3, -0.25) is 0 Å². The molecule has 12 nitrogen and oxygen atoms in total. The van der Waals surface area contributed by atoms with Crippen molar-refractivity contribution in [3.8, 4) is 34.0 Å². The van der Waals surface area contributed by atoms with Gasteiger partial charge in [-0.2, -0.15) is 8.61 Å². The highest BCUT2D eigenvalue weighted by Gasteiger charge is 2.32. The predicted molar refractivity (Wildman–Crippen MR) is 243 cm³/mol. The first-order chi connectivity index (χ1) is 28.8. The molecule has 60 heavy (non-hydrogen) atoms. The van der Waals surface area contributed by atoms with E-state index in [2.05, 4.69) is 14.8 Å². The molecule has 0 bridgehead atoms. The normalized spacial score (nSPS) is 15.4. The maximum atomic E-state index is 12.9.